The average Bonchev–Trinajstić information content (AvgIpc) is 3.37. The normalized spacial score (nSPS) is 11.6. The third-order valence-corrected chi connectivity index (χ3v) is 5.64. The summed E-state index contributed by atoms with van der Waals surface area (Å²) < 4.78 is 7.36. The van der Waals surface area contributed by atoms with Gasteiger partial charge in [-0.1, -0.05) is 31.5 Å². The zero-order valence-electron chi connectivity index (χ0n) is 16.8. The van der Waals surface area contributed by atoms with Gasteiger partial charge >= 0.3 is 5.97 Å². The highest BCUT2D eigenvalue weighted by molar-refractivity contribution is 7.09. The first-order chi connectivity index (χ1) is 14.1. The predicted octanol–water partition coefficient (Wildman–Crippen LogP) is 5.05. The number of hydrogen-bond acceptors (Lipinski definition) is 4. The van der Waals surface area contributed by atoms with Gasteiger partial charge in [0.2, 0.25) is 0 Å². The van der Waals surface area contributed by atoms with Crippen LogP contribution in [0.15, 0.2) is 53.5 Å². The predicted molar refractivity (Wildman–Crippen MR) is 117 cm³/mol. The Morgan fingerprint density at radius 3 is 2.69 bits per heavy atom. The Bertz CT molecular complexity index is 957. The summed E-state index contributed by atoms with van der Waals surface area (Å²) >= 11 is 1.57. The molecule has 1 N–H and O–H groups in total. The summed E-state index contributed by atoms with van der Waals surface area (Å²) in [7, 11) is 1.65. The van der Waals surface area contributed by atoms with E-state index in [-0.39, 0.29) is 0 Å². The fourth-order valence-electron chi connectivity index (χ4n) is 3.14. The van der Waals surface area contributed by atoms with Crippen molar-refractivity contribution >= 4 is 23.4 Å². The van der Waals surface area contributed by atoms with E-state index in [0.717, 1.165) is 47.0 Å². The second kappa shape index (κ2) is 10.1. The fraction of sp³-hybridized carbons (Fsp3) is 0.304. The first-order valence-electron chi connectivity index (χ1n) is 9.74. The molecule has 152 valence electrons. The number of ether oxygens (including phenoxy) is 1. The summed E-state index contributed by atoms with van der Waals surface area (Å²) in [6, 6.07) is 11.8. The van der Waals surface area contributed by atoms with E-state index in [1.165, 1.54) is 0 Å². The zero-order chi connectivity index (χ0) is 20.6. The summed E-state index contributed by atoms with van der Waals surface area (Å²) in [5, 5.41) is 11.7. The molecule has 0 unspecified atom stereocenters. The molecule has 5 nitrogen and oxygen atoms in total. The van der Waals surface area contributed by atoms with Crippen molar-refractivity contribution in [3.63, 3.8) is 0 Å². The molecule has 0 aliphatic rings. The van der Waals surface area contributed by atoms with Crippen LogP contribution in [0.4, 0.5) is 0 Å². The molecular weight excluding hydrogens is 384 g/mol. The first-order valence-corrected chi connectivity index (χ1v) is 10.6. The molecule has 3 rings (SSSR count). The number of carbonyl (C=O) groups is 1. The van der Waals surface area contributed by atoms with Crippen LogP contribution >= 0.6 is 11.3 Å². The summed E-state index contributed by atoms with van der Waals surface area (Å²) in [5.74, 6) is 0.898. The van der Waals surface area contributed by atoms with Crippen molar-refractivity contribution < 1.29 is 14.6 Å². The first kappa shape index (κ1) is 20.9. The number of carboxylic acids is 1. The Hall–Kier alpha value is -2.86. The number of nitrogens with zero attached hydrogens (tertiary/aromatic N) is 2. The molecule has 0 fully saturated rings. The quantitative estimate of drug-likeness (QED) is 0.475. The molecule has 0 saturated heterocycles. The number of carboxylic acid groups (broad SMARTS) is 1. The number of methoxy groups -OCH3 is 1. The lowest BCUT2D eigenvalue weighted by atomic mass is 10.1. The van der Waals surface area contributed by atoms with Crippen LogP contribution < -0.4 is 4.74 Å². The lowest BCUT2D eigenvalue weighted by Crippen LogP contribution is -2.09. The van der Waals surface area contributed by atoms with Gasteiger partial charge in [-0.25, -0.2) is 9.78 Å². The monoisotopic (exact) mass is 410 g/mol. The number of thiophene rings is 1. The van der Waals surface area contributed by atoms with Gasteiger partial charge < -0.3 is 14.4 Å². The third kappa shape index (κ3) is 5.57. The number of benzene rings is 1. The molecule has 0 saturated carbocycles. The topological polar surface area (TPSA) is 64.3 Å². The van der Waals surface area contributed by atoms with Gasteiger partial charge in [-0.3, -0.25) is 0 Å². The molecule has 0 atom stereocenters. The Balaban J connectivity index is 1.93. The van der Waals surface area contributed by atoms with E-state index in [4.69, 9.17) is 4.74 Å². The van der Waals surface area contributed by atoms with E-state index in [1.54, 1.807) is 30.7 Å². The van der Waals surface area contributed by atoms with Crippen molar-refractivity contribution in [1.29, 1.82) is 0 Å². The zero-order valence-corrected chi connectivity index (χ0v) is 17.6. The highest BCUT2D eigenvalue weighted by Gasteiger charge is 2.14. The van der Waals surface area contributed by atoms with Gasteiger partial charge in [-0.2, -0.15) is 0 Å². The number of aromatic nitrogens is 2. The van der Waals surface area contributed by atoms with Crippen LogP contribution in [-0.4, -0.2) is 27.7 Å². The van der Waals surface area contributed by atoms with Gasteiger partial charge in [-0.15, -0.1) is 11.3 Å². The molecule has 2 heterocycles. The molecule has 0 spiro atoms. The molecule has 2 aromatic heterocycles. The molecule has 6 heteroatoms. The van der Waals surface area contributed by atoms with E-state index >= 15 is 0 Å². The number of hydrogen-bond donors (Lipinski definition) is 1. The lowest BCUT2D eigenvalue weighted by molar-refractivity contribution is -0.132. The van der Waals surface area contributed by atoms with Crippen molar-refractivity contribution in [2.75, 3.05) is 7.11 Å². The number of aryl methyl sites for hydroxylation is 1. The minimum atomic E-state index is -0.897. The van der Waals surface area contributed by atoms with Crippen molar-refractivity contribution in [2.24, 2.45) is 0 Å². The Morgan fingerprint density at radius 2 is 2.07 bits per heavy atom. The number of imidazole rings is 1. The van der Waals surface area contributed by atoms with E-state index in [9.17, 15) is 9.90 Å². The summed E-state index contributed by atoms with van der Waals surface area (Å²) in [4.78, 5) is 17.5. The maximum atomic E-state index is 11.8. The maximum Gasteiger partial charge on any atom is 0.332 e. The van der Waals surface area contributed by atoms with Gasteiger partial charge in [0.15, 0.2) is 0 Å². The maximum absolute atomic E-state index is 11.8. The van der Waals surface area contributed by atoms with Gasteiger partial charge in [0.05, 0.1) is 19.0 Å². The number of unbranched alkanes of at least 4 members (excludes halogenated alkanes) is 1. The van der Waals surface area contributed by atoms with Crippen molar-refractivity contribution in [3.05, 3.63) is 75.5 Å². The van der Waals surface area contributed by atoms with Crippen molar-refractivity contribution in [1.82, 2.24) is 9.55 Å². The van der Waals surface area contributed by atoms with Gasteiger partial charge in [0.25, 0.3) is 0 Å². The largest absolute Gasteiger partial charge is 0.497 e. The molecule has 0 aliphatic carbocycles. The van der Waals surface area contributed by atoms with Crippen LogP contribution in [0, 0.1) is 0 Å². The van der Waals surface area contributed by atoms with Crippen LogP contribution in [0.5, 0.6) is 5.75 Å². The smallest absolute Gasteiger partial charge is 0.332 e. The van der Waals surface area contributed by atoms with E-state index in [0.29, 0.717) is 18.5 Å². The lowest BCUT2D eigenvalue weighted by Gasteiger charge is -2.12. The van der Waals surface area contributed by atoms with Gasteiger partial charge in [0.1, 0.15) is 11.6 Å². The Kier molecular flexibility index (Phi) is 7.25. The van der Waals surface area contributed by atoms with Crippen molar-refractivity contribution in [2.45, 2.75) is 39.2 Å². The Labute approximate surface area is 175 Å². The average molecular weight is 411 g/mol. The molecule has 3 aromatic rings. The van der Waals surface area contributed by atoms with Gasteiger partial charge in [-0.05, 0) is 41.6 Å². The molecule has 0 radical (unpaired) electrons. The highest BCUT2D eigenvalue weighted by atomic mass is 32.1. The summed E-state index contributed by atoms with van der Waals surface area (Å²) in [6.45, 7) is 2.79. The van der Waals surface area contributed by atoms with Crippen LogP contribution in [0.25, 0.3) is 6.08 Å². The SMILES string of the molecule is CCCCc1ncc(C=C(Cc2cccs2)C(=O)O)n1Cc1ccc(OC)cc1. The number of rotatable bonds is 10. The summed E-state index contributed by atoms with van der Waals surface area (Å²) in [5.41, 5.74) is 2.30. The van der Waals surface area contributed by atoms with Crippen LogP contribution in [0.3, 0.4) is 0 Å². The number of aliphatic carboxylic acids is 1. The van der Waals surface area contributed by atoms with E-state index in [1.807, 2.05) is 41.8 Å². The Morgan fingerprint density at radius 1 is 1.28 bits per heavy atom. The molecule has 29 heavy (non-hydrogen) atoms. The van der Waals surface area contributed by atoms with Crippen LogP contribution in [0.2, 0.25) is 0 Å². The third-order valence-electron chi connectivity index (χ3n) is 4.76. The second-order valence-corrected chi connectivity index (χ2v) is 7.90. The van der Waals surface area contributed by atoms with E-state index in [2.05, 4.69) is 16.5 Å². The van der Waals surface area contributed by atoms with E-state index < -0.39 is 5.97 Å². The molecule has 0 amide bonds. The molecular formula is C23H26N2O3S. The summed E-state index contributed by atoms with van der Waals surface area (Å²) in [6.07, 6.45) is 6.95. The van der Waals surface area contributed by atoms with Gasteiger partial charge in [0, 0.05) is 29.8 Å². The standard InChI is InChI=1S/C23H26N2O3S/c1-3-4-7-22-24-15-19(13-18(23(26)27)14-21-6-5-12-29-21)25(22)16-17-8-10-20(28-2)11-9-17/h5-6,8-13,15H,3-4,7,14,16H2,1-2H3,(H,26,27). The molecule has 0 aliphatic heterocycles. The molecule has 0 bridgehead atoms. The fourth-order valence-corrected chi connectivity index (χ4v) is 3.87. The minimum Gasteiger partial charge on any atom is -0.497 e. The molecule has 1 aromatic carbocycles. The van der Waals surface area contributed by atoms with Crippen LogP contribution in [0.1, 0.15) is 41.7 Å². The second-order valence-electron chi connectivity index (χ2n) is 6.87. The minimum absolute atomic E-state index is 0.366. The van der Waals surface area contributed by atoms with Crippen molar-refractivity contribution in [3.8, 4) is 5.75 Å². The highest BCUT2D eigenvalue weighted by Crippen LogP contribution is 2.20. The van der Waals surface area contributed by atoms with Crippen LogP contribution in [-0.2, 0) is 24.2 Å².